The van der Waals surface area contributed by atoms with Crippen LogP contribution in [0.4, 0.5) is 13.2 Å². The highest BCUT2D eigenvalue weighted by atomic mass is 19.4. The van der Waals surface area contributed by atoms with E-state index in [9.17, 15) is 18.0 Å². The maximum absolute atomic E-state index is 12.7. The number of hydrogen-bond acceptors (Lipinski definition) is 5. The SMILES string of the molecule is Cc1nc(OCC(C)(C)C(=O)O)ccc1-c1ccc(-c2ncc(C(F)(F)F)[nH]2)cn1. The summed E-state index contributed by atoms with van der Waals surface area (Å²) in [7, 11) is 0. The highest BCUT2D eigenvalue weighted by Gasteiger charge is 2.33. The number of nitrogens with one attached hydrogen (secondary N) is 1. The van der Waals surface area contributed by atoms with Gasteiger partial charge in [-0.1, -0.05) is 0 Å². The smallest absolute Gasteiger partial charge is 0.432 e. The van der Waals surface area contributed by atoms with E-state index < -0.39 is 23.3 Å². The fourth-order valence-electron chi connectivity index (χ4n) is 2.51. The van der Waals surface area contributed by atoms with Gasteiger partial charge >= 0.3 is 12.1 Å². The Labute approximate surface area is 170 Å². The van der Waals surface area contributed by atoms with E-state index in [1.54, 1.807) is 45.0 Å². The number of halogens is 3. The van der Waals surface area contributed by atoms with Crippen LogP contribution in [0.1, 0.15) is 25.2 Å². The van der Waals surface area contributed by atoms with Crippen molar-refractivity contribution in [1.82, 2.24) is 19.9 Å². The first kappa shape index (κ1) is 21.3. The van der Waals surface area contributed by atoms with Gasteiger partial charge in [0.1, 0.15) is 18.1 Å². The molecule has 0 bridgehead atoms. The molecule has 7 nitrogen and oxygen atoms in total. The van der Waals surface area contributed by atoms with E-state index in [2.05, 4.69) is 19.9 Å². The van der Waals surface area contributed by atoms with Crippen LogP contribution in [0.25, 0.3) is 22.6 Å². The molecule has 3 heterocycles. The number of nitrogens with zero attached hydrogens (tertiary/aromatic N) is 3. The van der Waals surface area contributed by atoms with Crippen molar-refractivity contribution >= 4 is 5.97 Å². The van der Waals surface area contributed by atoms with Gasteiger partial charge in [0.05, 0.1) is 23.0 Å². The van der Waals surface area contributed by atoms with Crippen molar-refractivity contribution in [2.75, 3.05) is 6.61 Å². The number of carboxylic acids is 1. The molecule has 0 spiro atoms. The highest BCUT2D eigenvalue weighted by molar-refractivity contribution is 5.73. The maximum atomic E-state index is 12.7. The monoisotopic (exact) mass is 420 g/mol. The molecular weight excluding hydrogens is 401 g/mol. The van der Waals surface area contributed by atoms with E-state index in [4.69, 9.17) is 9.84 Å². The van der Waals surface area contributed by atoms with Crippen LogP contribution >= 0.6 is 0 Å². The minimum atomic E-state index is -4.50. The van der Waals surface area contributed by atoms with Gasteiger partial charge in [0.15, 0.2) is 0 Å². The molecule has 0 radical (unpaired) electrons. The highest BCUT2D eigenvalue weighted by Crippen LogP contribution is 2.30. The van der Waals surface area contributed by atoms with Crippen LogP contribution < -0.4 is 4.74 Å². The lowest BCUT2D eigenvalue weighted by Crippen LogP contribution is -2.30. The zero-order valence-electron chi connectivity index (χ0n) is 16.4. The van der Waals surface area contributed by atoms with E-state index in [-0.39, 0.29) is 18.3 Å². The van der Waals surface area contributed by atoms with Gasteiger partial charge in [0.2, 0.25) is 5.88 Å². The molecule has 0 aliphatic heterocycles. The summed E-state index contributed by atoms with van der Waals surface area (Å²) in [6.45, 7) is 4.82. The van der Waals surface area contributed by atoms with Gasteiger partial charge < -0.3 is 14.8 Å². The van der Waals surface area contributed by atoms with Gasteiger partial charge in [-0.2, -0.15) is 13.2 Å². The Balaban J connectivity index is 1.76. The van der Waals surface area contributed by atoms with Crippen molar-refractivity contribution in [2.45, 2.75) is 26.9 Å². The van der Waals surface area contributed by atoms with E-state index in [1.165, 1.54) is 6.20 Å². The lowest BCUT2D eigenvalue weighted by atomic mass is 9.95. The zero-order valence-corrected chi connectivity index (χ0v) is 16.4. The van der Waals surface area contributed by atoms with Gasteiger partial charge in [-0.3, -0.25) is 9.78 Å². The minimum Gasteiger partial charge on any atom is -0.481 e. The van der Waals surface area contributed by atoms with Gasteiger partial charge in [0.25, 0.3) is 0 Å². The van der Waals surface area contributed by atoms with Gasteiger partial charge in [-0.05, 0) is 39.0 Å². The lowest BCUT2D eigenvalue weighted by Gasteiger charge is -2.19. The van der Waals surface area contributed by atoms with E-state index >= 15 is 0 Å². The second-order valence-electron chi connectivity index (χ2n) is 7.34. The Morgan fingerprint density at radius 3 is 2.40 bits per heavy atom. The van der Waals surface area contributed by atoms with Gasteiger partial charge in [-0.15, -0.1) is 0 Å². The Morgan fingerprint density at radius 1 is 1.13 bits per heavy atom. The minimum absolute atomic E-state index is 0.0376. The van der Waals surface area contributed by atoms with Crippen molar-refractivity contribution < 1.29 is 27.8 Å². The molecule has 0 unspecified atom stereocenters. The summed E-state index contributed by atoms with van der Waals surface area (Å²) in [5, 5.41) is 9.14. The third kappa shape index (κ3) is 4.58. The first-order valence-electron chi connectivity index (χ1n) is 8.90. The fourth-order valence-corrected chi connectivity index (χ4v) is 2.51. The molecule has 0 amide bonds. The van der Waals surface area contributed by atoms with E-state index in [1.807, 2.05) is 0 Å². The first-order valence-corrected chi connectivity index (χ1v) is 8.90. The molecule has 30 heavy (non-hydrogen) atoms. The number of rotatable bonds is 6. The number of aryl methyl sites for hydroxylation is 1. The number of H-pyrrole nitrogens is 1. The predicted octanol–water partition coefficient (Wildman–Crippen LogP) is 4.35. The molecular formula is C20H19F3N4O3. The van der Waals surface area contributed by atoms with Crippen molar-refractivity contribution in [2.24, 2.45) is 5.41 Å². The standard InChI is InChI=1S/C20H19F3N4O3/c1-11-13(5-7-16(26-11)30-10-19(2,3)18(28)29)14-6-4-12(8-24-14)17-25-9-15(27-17)20(21,22)23/h4-9H,10H2,1-3H3,(H,25,27)(H,28,29). The molecule has 0 aliphatic carbocycles. The number of pyridine rings is 2. The Morgan fingerprint density at radius 2 is 1.87 bits per heavy atom. The van der Waals surface area contributed by atoms with E-state index in [0.717, 1.165) is 6.20 Å². The quantitative estimate of drug-likeness (QED) is 0.615. The normalized spacial score (nSPS) is 12.1. The Bertz CT molecular complexity index is 1060. The van der Waals surface area contributed by atoms with Crippen molar-refractivity contribution in [3.05, 3.63) is 48.0 Å². The van der Waals surface area contributed by atoms with Gasteiger partial charge in [0, 0.05) is 23.4 Å². The summed E-state index contributed by atoms with van der Waals surface area (Å²) in [5.74, 6) is -0.613. The summed E-state index contributed by atoms with van der Waals surface area (Å²) >= 11 is 0. The molecule has 158 valence electrons. The molecule has 3 rings (SSSR count). The molecule has 10 heteroatoms. The molecule has 0 aliphatic rings. The van der Waals surface area contributed by atoms with Crippen LogP contribution in [0.15, 0.2) is 36.7 Å². The van der Waals surface area contributed by atoms with Crippen molar-refractivity contribution in [3.8, 4) is 28.5 Å². The predicted molar refractivity (Wildman–Crippen MR) is 102 cm³/mol. The number of imidazole rings is 1. The molecule has 2 N–H and O–H groups in total. The Kier molecular flexibility index (Phi) is 5.51. The largest absolute Gasteiger partial charge is 0.481 e. The van der Waals surface area contributed by atoms with Crippen LogP contribution in [0.2, 0.25) is 0 Å². The summed E-state index contributed by atoms with van der Waals surface area (Å²) in [6, 6.07) is 6.61. The maximum Gasteiger partial charge on any atom is 0.432 e. The van der Waals surface area contributed by atoms with E-state index in [0.29, 0.717) is 22.5 Å². The number of aromatic nitrogens is 4. The van der Waals surface area contributed by atoms with Crippen molar-refractivity contribution in [1.29, 1.82) is 0 Å². The van der Waals surface area contributed by atoms with Gasteiger partial charge in [-0.25, -0.2) is 9.97 Å². The number of ether oxygens (including phenoxy) is 1. The van der Waals surface area contributed by atoms with Crippen LogP contribution in [-0.2, 0) is 11.0 Å². The molecule has 0 saturated carbocycles. The third-order valence-corrected chi connectivity index (χ3v) is 4.41. The van der Waals surface area contributed by atoms with Crippen LogP contribution in [0, 0.1) is 12.3 Å². The zero-order chi connectivity index (χ0) is 22.1. The number of hydrogen-bond donors (Lipinski definition) is 2. The van der Waals surface area contributed by atoms with Crippen LogP contribution in [0.3, 0.4) is 0 Å². The van der Waals surface area contributed by atoms with Crippen LogP contribution in [0.5, 0.6) is 5.88 Å². The van der Waals surface area contributed by atoms with Crippen molar-refractivity contribution in [3.63, 3.8) is 0 Å². The topological polar surface area (TPSA) is 101 Å². The average Bonchev–Trinajstić information content (AvgIpc) is 3.17. The summed E-state index contributed by atoms with van der Waals surface area (Å²) in [6.07, 6.45) is -2.33. The number of alkyl halides is 3. The molecule has 0 atom stereocenters. The molecule has 3 aromatic rings. The molecule has 0 saturated heterocycles. The molecule has 3 aromatic heterocycles. The summed E-state index contributed by atoms with van der Waals surface area (Å²) < 4.78 is 43.6. The lowest BCUT2D eigenvalue weighted by molar-refractivity contribution is -0.148. The number of carbonyl (C=O) groups is 1. The number of aromatic amines is 1. The summed E-state index contributed by atoms with van der Waals surface area (Å²) in [4.78, 5) is 25.8. The first-order chi connectivity index (χ1) is 14.0. The number of carboxylic acid groups (broad SMARTS) is 1. The number of aliphatic carboxylic acids is 1. The van der Waals surface area contributed by atoms with Crippen LogP contribution in [-0.4, -0.2) is 37.6 Å². The molecule has 0 aromatic carbocycles. The average molecular weight is 420 g/mol. The second kappa shape index (κ2) is 7.77. The second-order valence-corrected chi connectivity index (χ2v) is 7.34. The Hall–Kier alpha value is -3.43. The fraction of sp³-hybridized carbons (Fsp3) is 0.300. The molecule has 0 fully saturated rings. The summed E-state index contributed by atoms with van der Waals surface area (Å²) in [5.41, 5.74) is 0.326. The third-order valence-electron chi connectivity index (χ3n) is 4.41.